The smallest absolute Gasteiger partial charge is 0.309 e. The molecule has 0 amide bonds. The second-order valence-corrected chi connectivity index (χ2v) is 1.70. The number of nitrogens with two attached hydrogens (primary N) is 2. The summed E-state index contributed by atoms with van der Waals surface area (Å²) >= 11 is 0. The Morgan fingerprint density at radius 3 is 2.00 bits per heavy atom. The van der Waals surface area contributed by atoms with Crippen molar-refractivity contribution in [2.75, 3.05) is 0 Å². The molecule has 4 heteroatoms. The van der Waals surface area contributed by atoms with Gasteiger partial charge in [-0.05, 0) is 6.92 Å². The summed E-state index contributed by atoms with van der Waals surface area (Å²) in [6.07, 6.45) is -0.757. The standard InChI is InChI=1S/C4H10N2O2/c1-2(3(5)6)4(7)8/h2-3H,5-6H2,1H3,(H,7,8). The van der Waals surface area contributed by atoms with Gasteiger partial charge < -0.3 is 16.6 Å². The molecule has 1 atom stereocenters. The summed E-state index contributed by atoms with van der Waals surface area (Å²) in [7, 11) is 0. The molecule has 4 nitrogen and oxygen atoms in total. The zero-order valence-electron chi connectivity index (χ0n) is 4.66. The van der Waals surface area contributed by atoms with Gasteiger partial charge in [0.25, 0.3) is 0 Å². The minimum atomic E-state index is -0.958. The number of carboxylic acids is 1. The summed E-state index contributed by atoms with van der Waals surface area (Å²) in [6, 6.07) is 0. The molecular weight excluding hydrogens is 108 g/mol. The number of aliphatic carboxylic acids is 1. The van der Waals surface area contributed by atoms with Crippen molar-refractivity contribution in [1.82, 2.24) is 0 Å². The number of carboxylic acid groups (broad SMARTS) is 1. The van der Waals surface area contributed by atoms with E-state index in [1.165, 1.54) is 6.92 Å². The van der Waals surface area contributed by atoms with Crippen molar-refractivity contribution in [1.29, 1.82) is 0 Å². The van der Waals surface area contributed by atoms with Crippen LogP contribution < -0.4 is 11.5 Å². The van der Waals surface area contributed by atoms with E-state index in [4.69, 9.17) is 16.6 Å². The molecule has 0 aromatic heterocycles. The molecule has 0 radical (unpaired) electrons. The Balaban J connectivity index is 3.64. The highest BCUT2D eigenvalue weighted by Gasteiger charge is 2.14. The third kappa shape index (κ3) is 1.90. The fourth-order valence-electron chi connectivity index (χ4n) is 0.165. The molecule has 0 saturated carbocycles. The van der Waals surface area contributed by atoms with E-state index in [1.807, 2.05) is 0 Å². The van der Waals surface area contributed by atoms with E-state index in [0.717, 1.165) is 0 Å². The van der Waals surface area contributed by atoms with Gasteiger partial charge in [-0.3, -0.25) is 4.79 Å². The largest absolute Gasteiger partial charge is 0.481 e. The van der Waals surface area contributed by atoms with Gasteiger partial charge in [0.1, 0.15) is 0 Å². The van der Waals surface area contributed by atoms with Crippen LogP contribution in [0.3, 0.4) is 0 Å². The van der Waals surface area contributed by atoms with Crippen LogP contribution in [0.25, 0.3) is 0 Å². The Hall–Kier alpha value is -0.610. The average Bonchev–Trinajstić information content (AvgIpc) is 1.64. The van der Waals surface area contributed by atoms with Crippen molar-refractivity contribution in [2.24, 2.45) is 17.4 Å². The summed E-state index contributed by atoms with van der Waals surface area (Å²) in [5.74, 6) is -1.62. The van der Waals surface area contributed by atoms with Gasteiger partial charge in [-0.25, -0.2) is 0 Å². The highest BCUT2D eigenvalue weighted by molar-refractivity contribution is 5.70. The van der Waals surface area contributed by atoms with Crippen molar-refractivity contribution in [3.63, 3.8) is 0 Å². The highest BCUT2D eigenvalue weighted by Crippen LogP contribution is 1.92. The van der Waals surface area contributed by atoms with Gasteiger partial charge in [-0.15, -0.1) is 0 Å². The van der Waals surface area contributed by atoms with Gasteiger partial charge in [0, 0.05) is 0 Å². The SMILES string of the molecule is CC(C(=O)O)C(N)N. The van der Waals surface area contributed by atoms with E-state index < -0.39 is 18.1 Å². The maximum Gasteiger partial charge on any atom is 0.309 e. The van der Waals surface area contributed by atoms with Gasteiger partial charge in [0.2, 0.25) is 0 Å². The minimum absolute atomic E-state index is 0.657. The van der Waals surface area contributed by atoms with Crippen LogP contribution in [-0.2, 0) is 4.79 Å². The summed E-state index contributed by atoms with van der Waals surface area (Å²) in [4.78, 5) is 9.98. The normalized spacial score (nSPS) is 14.0. The number of carbonyl (C=O) groups is 1. The summed E-state index contributed by atoms with van der Waals surface area (Å²) in [5.41, 5.74) is 10.1. The molecule has 0 rings (SSSR count). The minimum Gasteiger partial charge on any atom is -0.481 e. The van der Waals surface area contributed by atoms with E-state index >= 15 is 0 Å². The van der Waals surface area contributed by atoms with E-state index in [2.05, 4.69) is 0 Å². The van der Waals surface area contributed by atoms with Crippen LogP contribution in [0.15, 0.2) is 0 Å². The molecule has 48 valence electrons. The molecule has 0 saturated heterocycles. The molecule has 0 fully saturated rings. The Morgan fingerprint density at radius 1 is 1.62 bits per heavy atom. The predicted octanol–water partition coefficient (Wildman–Crippen LogP) is -1.05. The van der Waals surface area contributed by atoms with E-state index in [-0.39, 0.29) is 0 Å². The molecule has 8 heavy (non-hydrogen) atoms. The second kappa shape index (κ2) is 2.64. The predicted molar refractivity (Wildman–Crippen MR) is 29.0 cm³/mol. The van der Waals surface area contributed by atoms with Crippen LogP contribution >= 0.6 is 0 Å². The van der Waals surface area contributed by atoms with Gasteiger partial charge in [0.15, 0.2) is 0 Å². The van der Waals surface area contributed by atoms with E-state index in [0.29, 0.717) is 0 Å². The quantitative estimate of drug-likeness (QED) is 0.403. The van der Waals surface area contributed by atoms with Gasteiger partial charge in [0.05, 0.1) is 12.1 Å². The lowest BCUT2D eigenvalue weighted by atomic mass is 10.1. The van der Waals surface area contributed by atoms with Crippen molar-refractivity contribution < 1.29 is 9.90 Å². The molecule has 0 bridgehead atoms. The molecule has 0 aliphatic heterocycles. The molecule has 0 aliphatic carbocycles. The first kappa shape index (κ1) is 7.39. The maximum atomic E-state index is 9.98. The molecule has 0 aromatic rings. The summed E-state index contributed by atoms with van der Waals surface area (Å²) in [5, 5.41) is 8.19. The second-order valence-electron chi connectivity index (χ2n) is 1.70. The van der Waals surface area contributed by atoms with Crippen LogP contribution in [0.2, 0.25) is 0 Å². The van der Waals surface area contributed by atoms with Crippen molar-refractivity contribution in [3.05, 3.63) is 0 Å². The monoisotopic (exact) mass is 118 g/mol. The molecule has 0 aliphatic rings. The zero-order chi connectivity index (χ0) is 6.73. The third-order valence-electron chi connectivity index (χ3n) is 0.967. The third-order valence-corrected chi connectivity index (χ3v) is 0.967. The molecule has 0 aromatic carbocycles. The lowest BCUT2D eigenvalue weighted by Crippen LogP contribution is -2.41. The van der Waals surface area contributed by atoms with Crippen LogP contribution in [-0.4, -0.2) is 17.2 Å². The van der Waals surface area contributed by atoms with E-state index in [1.54, 1.807) is 0 Å². The van der Waals surface area contributed by atoms with Crippen molar-refractivity contribution in [2.45, 2.75) is 13.1 Å². The Bertz CT molecular complexity index is 92.0. The Kier molecular flexibility index (Phi) is 2.44. The summed E-state index contributed by atoms with van der Waals surface area (Å²) < 4.78 is 0. The molecule has 0 heterocycles. The highest BCUT2D eigenvalue weighted by atomic mass is 16.4. The van der Waals surface area contributed by atoms with Crippen LogP contribution in [0.4, 0.5) is 0 Å². The van der Waals surface area contributed by atoms with Crippen molar-refractivity contribution >= 4 is 5.97 Å². The van der Waals surface area contributed by atoms with Crippen molar-refractivity contribution in [3.8, 4) is 0 Å². The first-order valence-electron chi connectivity index (χ1n) is 2.29. The van der Waals surface area contributed by atoms with Crippen LogP contribution in [0.1, 0.15) is 6.92 Å². The fraction of sp³-hybridized carbons (Fsp3) is 0.750. The molecule has 0 spiro atoms. The van der Waals surface area contributed by atoms with Gasteiger partial charge in [-0.1, -0.05) is 0 Å². The molecular formula is C4H10N2O2. The maximum absolute atomic E-state index is 9.98. The lowest BCUT2D eigenvalue weighted by Gasteiger charge is -2.08. The number of hydrogen-bond donors (Lipinski definition) is 3. The lowest BCUT2D eigenvalue weighted by molar-refractivity contribution is -0.141. The number of rotatable bonds is 2. The number of hydrogen-bond acceptors (Lipinski definition) is 3. The van der Waals surface area contributed by atoms with Crippen LogP contribution in [0.5, 0.6) is 0 Å². The van der Waals surface area contributed by atoms with E-state index in [9.17, 15) is 4.79 Å². The summed E-state index contributed by atoms with van der Waals surface area (Å²) in [6.45, 7) is 1.47. The first-order valence-corrected chi connectivity index (χ1v) is 2.29. The van der Waals surface area contributed by atoms with Crippen LogP contribution in [0, 0.1) is 5.92 Å². The molecule has 1 unspecified atom stereocenters. The fourth-order valence-corrected chi connectivity index (χ4v) is 0.165. The first-order chi connectivity index (χ1) is 3.55. The Labute approximate surface area is 47.5 Å². The zero-order valence-corrected chi connectivity index (χ0v) is 4.66. The topological polar surface area (TPSA) is 89.3 Å². The Morgan fingerprint density at radius 2 is 2.00 bits per heavy atom. The van der Waals surface area contributed by atoms with Gasteiger partial charge >= 0.3 is 5.97 Å². The van der Waals surface area contributed by atoms with Gasteiger partial charge in [-0.2, -0.15) is 0 Å². The molecule has 5 N–H and O–H groups in total. The average molecular weight is 118 g/mol.